The fourth-order valence-electron chi connectivity index (χ4n) is 3.76. The van der Waals surface area contributed by atoms with Crippen LogP contribution in [0.4, 0.5) is 11.6 Å². The van der Waals surface area contributed by atoms with Gasteiger partial charge in [0, 0.05) is 29.3 Å². The van der Waals surface area contributed by atoms with Crippen LogP contribution in [0.15, 0.2) is 84.9 Å². The van der Waals surface area contributed by atoms with E-state index in [2.05, 4.69) is 37.6 Å². The van der Waals surface area contributed by atoms with Crippen LogP contribution in [-0.2, 0) is 0 Å². The van der Waals surface area contributed by atoms with Crippen molar-refractivity contribution in [3.63, 3.8) is 0 Å². The molecule has 0 bridgehead atoms. The highest BCUT2D eigenvalue weighted by Gasteiger charge is 2.25. The Bertz CT molecular complexity index is 1390. The van der Waals surface area contributed by atoms with Gasteiger partial charge in [0.25, 0.3) is 0 Å². The third kappa shape index (κ3) is 3.90. The summed E-state index contributed by atoms with van der Waals surface area (Å²) >= 11 is 0. The van der Waals surface area contributed by atoms with Crippen molar-refractivity contribution in [2.75, 3.05) is 5.32 Å². The van der Waals surface area contributed by atoms with E-state index in [0.717, 1.165) is 33.5 Å². The van der Waals surface area contributed by atoms with Gasteiger partial charge in [-0.2, -0.15) is 15.1 Å². The Labute approximate surface area is 185 Å². The summed E-state index contributed by atoms with van der Waals surface area (Å²) in [7, 11) is 0. The molecular weight excluding hydrogens is 398 g/mol. The summed E-state index contributed by atoms with van der Waals surface area (Å²) < 4.78 is 6.09. The fraction of sp³-hybridized carbons (Fsp3) is 0.115. The first kappa shape index (κ1) is 18.6. The van der Waals surface area contributed by atoms with Gasteiger partial charge in [-0.3, -0.25) is 5.10 Å². The van der Waals surface area contributed by atoms with Crippen LogP contribution >= 0.6 is 0 Å². The standard InChI is InChI=1S/C26H21N5O/c1-2-7-18(8-3-1)22-15-24(28-25-16-23(30-31-25)19-10-11-19)29-26(27-22)32-21-13-12-17-6-4-5-9-20(17)14-21/h1-9,12-16,19H,10-11H2,(H2,27,28,29,30,31). The minimum atomic E-state index is 0.280. The molecule has 1 aliphatic rings. The first-order valence-electron chi connectivity index (χ1n) is 10.7. The van der Waals surface area contributed by atoms with Crippen molar-refractivity contribution in [1.29, 1.82) is 0 Å². The summed E-state index contributed by atoms with van der Waals surface area (Å²) in [4.78, 5) is 9.26. The minimum absolute atomic E-state index is 0.280. The van der Waals surface area contributed by atoms with Gasteiger partial charge in [-0.1, -0.05) is 60.7 Å². The Hall–Kier alpha value is -4.19. The second kappa shape index (κ2) is 7.81. The Morgan fingerprint density at radius 3 is 2.44 bits per heavy atom. The van der Waals surface area contributed by atoms with Gasteiger partial charge in [0.15, 0.2) is 5.82 Å². The van der Waals surface area contributed by atoms with Crippen LogP contribution in [0, 0.1) is 0 Å². The summed E-state index contributed by atoms with van der Waals surface area (Å²) in [6, 6.07) is 28.4. The molecule has 2 N–H and O–H groups in total. The maximum atomic E-state index is 6.09. The average Bonchev–Trinajstić information content (AvgIpc) is 3.58. The van der Waals surface area contributed by atoms with E-state index in [-0.39, 0.29) is 6.01 Å². The molecule has 2 aromatic heterocycles. The zero-order valence-electron chi connectivity index (χ0n) is 17.3. The molecule has 0 saturated heterocycles. The van der Waals surface area contributed by atoms with E-state index in [1.165, 1.54) is 12.8 Å². The first-order valence-corrected chi connectivity index (χ1v) is 10.7. The Morgan fingerprint density at radius 2 is 1.59 bits per heavy atom. The van der Waals surface area contributed by atoms with Gasteiger partial charge in [-0.05, 0) is 35.7 Å². The number of aromatic amines is 1. The molecule has 1 aliphatic carbocycles. The number of nitrogens with zero attached hydrogens (tertiary/aromatic N) is 3. The molecule has 0 unspecified atom stereocenters. The monoisotopic (exact) mass is 419 g/mol. The van der Waals surface area contributed by atoms with Crippen molar-refractivity contribution in [3.8, 4) is 23.0 Å². The average molecular weight is 419 g/mol. The van der Waals surface area contributed by atoms with Crippen molar-refractivity contribution in [2.24, 2.45) is 0 Å². The van der Waals surface area contributed by atoms with Crippen molar-refractivity contribution < 1.29 is 4.74 Å². The zero-order valence-corrected chi connectivity index (χ0v) is 17.3. The third-order valence-corrected chi connectivity index (χ3v) is 5.58. The maximum Gasteiger partial charge on any atom is 0.324 e. The molecule has 6 nitrogen and oxygen atoms in total. The van der Waals surface area contributed by atoms with Gasteiger partial charge in [-0.15, -0.1) is 0 Å². The summed E-state index contributed by atoms with van der Waals surface area (Å²) in [5.41, 5.74) is 2.93. The number of rotatable bonds is 6. The predicted octanol–water partition coefficient (Wildman–Crippen LogP) is 6.43. The van der Waals surface area contributed by atoms with E-state index in [9.17, 15) is 0 Å². The molecule has 0 radical (unpaired) electrons. The van der Waals surface area contributed by atoms with Crippen LogP contribution in [0.5, 0.6) is 11.8 Å². The molecular formula is C26H21N5O. The topological polar surface area (TPSA) is 75.7 Å². The number of H-pyrrole nitrogens is 1. The molecule has 1 saturated carbocycles. The van der Waals surface area contributed by atoms with Crippen molar-refractivity contribution in [1.82, 2.24) is 20.2 Å². The largest absolute Gasteiger partial charge is 0.424 e. The number of nitrogens with one attached hydrogen (secondary N) is 2. The minimum Gasteiger partial charge on any atom is -0.424 e. The first-order chi connectivity index (χ1) is 15.8. The molecule has 6 rings (SSSR count). The van der Waals surface area contributed by atoms with Gasteiger partial charge in [0.1, 0.15) is 11.6 Å². The van der Waals surface area contributed by atoms with Gasteiger partial charge in [0.05, 0.1) is 5.69 Å². The van der Waals surface area contributed by atoms with E-state index in [1.54, 1.807) is 0 Å². The van der Waals surface area contributed by atoms with E-state index >= 15 is 0 Å². The van der Waals surface area contributed by atoms with Gasteiger partial charge < -0.3 is 10.1 Å². The van der Waals surface area contributed by atoms with E-state index in [0.29, 0.717) is 17.5 Å². The molecule has 3 aromatic carbocycles. The highest BCUT2D eigenvalue weighted by molar-refractivity contribution is 5.83. The van der Waals surface area contributed by atoms with Crippen LogP contribution in [-0.4, -0.2) is 20.2 Å². The third-order valence-electron chi connectivity index (χ3n) is 5.58. The van der Waals surface area contributed by atoms with Crippen molar-refractivity contribution >= 4 is 22.4 Å². The normalized spacial score (nSPS) is 13.2. The Morgan fingerprint density at radius 1 is 0.781 bits per heavy atom. The second-order valence-electron chi connectivity index (χ2n) is 8.01. The molecule has 0 amide bonds. The number of fused-ring (bicyclic) bond motifs is 1. The summed E-state index contributed by atoms with van der Waals surface area (Å²) in [5, 5.41) is 13.1. The van der Waals surface area contributed by atoms with Crippen LogP contribution in [0.2, 0.25) is 0 Å². The lowest BCUT2D eigenvalue weighted by atomic mass is 10.1. The molecule has 32 heavy (non-hydrogen) atoms. The second-order valence-corrected chi connectivity index (χ2v) is 8.01. The Balaban J connectivity index is 1.35. The molecule has 156 valence electrons. The van der Waals surface area contributed by atoms with Crippen LogP contribution in [0.1, 0.15) is 24.5 Å². The lowest BCUT2D eigenvalue weighted by molar-refractivity contribution is 0.444. The number of aromatic nitrogens is 4. The molecule has 0 aliphatic heterocycles. The van der Waals surface area contributed by atoms with E-state index < -0.39 is 0 Å². The summed E-state index contributed by atoms with van der Waals surface area (Å²) in [6.45, 7) is 0. The van der Waals surface area contributed by atoms with Crippen LogP contribution in [0.3, 0.4) is 0 Å². The lowest BCUT2D eigenvalue weighted by Crippen LogP contribution is -2.00. The maximum absolute atomic E-state index is 6.09. The van der Waals surface area contributed by atoms with Crippen molar-refractivity contribution in [2.45, 2.75) is 18.8 Å². The van der Waals surface area contributed by atoms with Crippen molar-refractivity contribution in [3.05, 3.63) is 90.6 Å². The van der Waals surface area contributed by atoms with E-state index in [4.69, 9.17) is 4.74 Å². The number of benzene rings is 3. The molecule has 2 heterocycles. The Kier molecular flexibility index (Phi) is 4.53. The van der Waals surface area contributed by atoms with Gasteiger partial charge in [0.2, 0.25) is 0 Å². The zero-order chi connectivity index (χ0) is 21.3. The number of hydrogen-bond donors (Lipinski definition) is 2. The van der Waals surface area contributed by atoms with Gasteiger partial charge in [-0.25, -0.2) is 0 Å². The smallest absolute Gasteiger partial charge is 0.324 e. The van der Waals surface area contributed by atoms with Crippen LogP contribution in [0.25, 0.3) is 22.0 Å². The van der Waals surface area contributed by atoms with E-state index in [1.807, 2.05) is 72.8 Å². The molecule has 5 aromatic rings. The highest BCUT2D eigenvalue weighted by atomic mass is 16.5. The molecule has 6 heteroatoms. The number of anilines is 2. The molecule has 0 spiro atoms. The highest BCUT2D eigenvalue weighted by Crippen LogP contribution is 2.39. The summed E-state index contributed by atoms with van der Waals surface area (Å²) in [5.74, 6) is 2.66. The van der Waals surface area contributed by atoms with Crippen LogP contribution < -0.4 is 10.1 Å². The molecule has 1 fully saturated rings. The number of ether oxygens (including phenoxy) is 1. The quantitative estimate of drug-likeness (QED) is 0.331. The summed E-state index contributed by atoms with van der Waals surface area (Å²) in [6.07, 6.45) is 2.44. The lowest BCUT2D eigenvalue weighted by Gasteiger charge is -2.10. The van der Waals surface area contributed by atoms with Gasteiger partial charge >= 0.3 is 6.01 Å². The SMILES string of the molecule is c1ccc(-c2cc(Nc3cc(C4CC4)[nH]n3)nc(Oc3ccc4ccccc4c3)n2)cc1. The fourth-order valence-corrected chi connectivity index (χ4v) is 3.76. The molecule has 0 atom stereocenters. The predicted molar refractivity (Wildman–Crippen MR) is 125 cm³/mol. The number of hydrogen-bond acceptors (Lipinski definition) is 5.